The molecule has 1 saturated heterocycles. The van der Waals surface area contributed by atoms with Crippen LogP contribution in [-0.2, 0) is 11.3 Å². The maximum absolute atomic E-state index is 12.3. The molecule has 0 unspecified atom stereocenters. The molecule has 1 fully saturated rings. The summed E-state index contributed by atoms with van der Waals surface area (Å²) in [4.78, 5) is 16.4. The molecule has 0 atom stereocenters. The molecule has 32 heavy (non-hydrogen) atoms. The summed E-state index contributed by atoms with van der Waals surface area (Å²) in [5.74, 6) is 0.598. The molecule has 1 aliphatic rings. The van der Waals surface area contributed by atoms with Crippen molar-refractivity contribution < 1.29 is 14.4 Å². The zero-order chi connectivity index (χ0) is 22.3. The molecule has 1 amide bonds. The van der Waals surface area contributed by atoms with Crippen LogP contribution in [0.3, 0.4) is 0 Å². The molecule has 3 aromatic carbocycles. The van der Waals surface area contributed by atoms with E-state index in [-0.39, 0.29) is 12.5 Å². The molecule has 1 heterocycles. The van der Waals surface area contributed by atoms with Crippen LogP contribution >= 0.6 is 0 Å². The summed E-state index contributed by atoms with van der Waals surface area (Å²) < 4.78 is 5.70. The minimum atomic E-state index is -0.156. The van der Waals surface area contributed by atoms with E-state index in [1.54, 1.807) is 4.90 Å². The lowest BCUT2D eigenvalue weighted by atomic mass is 10.1. The number of hydrogen-bond donors (Lipinski definition) is 2. The topological polar surface area (TPSA) is 46.0 Å². The highest BCUT2D eigenvalue weighted by Gasteiger charge is 2.20. The van der Waals surface area contributed by atoms with Crippen LogP contribution in [0.4, 0.5) is 11.4 Å². The Balaban J connectivity index is 1.24. The van der Waals surface area contributed by atoms with Crippen LogP contribution in [0.1, 0.15) is 16.7 Å². The first kappa shape index (κ1) is 21.9. The molecule has 1 aliphatic heterocycles. The third-order valence-electron chi connectivity index (χ3n) is 6.20. The van der Waals surface area contributed by atoms with Crippen molar-refractivity contribution in [3.05, 3.63) is 89.5 Å². The fourth-order valence-electron chi connectivity index (χ4n) is 4.12. The van der Waals surface area contributed by atoms with E-state index in [2.05, 4.69) is 52.7 Å². The van der Waals surface area contributed by atoms with Gasteiger partial charge in [0.2, 0.25) is 0 Å². The Hall–Kier alpha value is -3.31. The van der Waals surface area contributed by atoms with Gasteiger partial charge in [0.05, 0.1) is 26.2 Å². The van der Waals surface area contributed by atoms with Crippen LogP contribution < -0.4 is 19.9 Å². The number of ether oxygens (including phenoxy) is 1. The minimum absolute atomic E-state index is 0.00179. The average Bonchev–Trinajstić information content (AvgIpc) is 2.82. The second-order valence-corrected chi connectivity index (χ2v) is 8.48. The van der Waals surface area contributed by atoms with Crippen molar-refractivity contribution >= 4 is 17.3 Å². The van der Waals surface area contributed by atoms with Gasteiger partial charge in [-0.1, -0.05) is 42.5 Å². The number of hydrogen-bond acceptors (Lipinski definition) is 3. The summed E-state index contributed by atoms with van der Waals surface area (Å²) in [6.45, 7) is 9.46. The Labute approximate surface area is 190 Å². The monoisotopic (exact) mass is 430 g/mol. The molecular formula is C27H32N3O2+. The van der Waals surface area contributed by atoms with E-state index in [9.17, 15) is 4.79 Å². The van der Waals surface area contributed by atoms with Gasteiger partial charge in [-0.3, -0.25) is 4.79 Å². The van der Waals surface area contributed by atoms with E-state index >= 15 is 0 Å². The second kappa shape index (κ2) is 10.3. The molecule has 5 nitrogen and oxygen atoms in total. The van der Waals surface area contributed by atoms with Crippen LogP contribution in [-0.4, -0.2) is 38.7 Å². The fraction of sp³-hybridized carbons (Fsp3) is 0.296. The van der Waals surface area contributed by atoms with Gasteiger partial charge in [-0.25, -0.2) is 0 Å². The smallest absolute Gasteiger partial charge is 0.262 e. The Bertz CT molecular complexity index is 1030. The highest BCUT2D eigenvalue weighted by Crippen LogP contribution is 2.21. The van der Waals surface area contributed by atoms with E-state index in [4.69, 9.17) is 4.74 Å². The highest BCUT2D eigenvalue weighted by atomic mass is 16.5. The van der Waals surface area contributed by atoms with Crippen molar-refractivity contribution in [3.63, 3.8) is 0 Å². The number of rotatable bonds is 7. The van der Waals surface area contributed by atoms with E-state index in [1.165, 1.54) is 11.3 Å². The number of aryl methyl sites for hydroxylation is 1. The largest absolute Gasteiger partial charge is 0.483 e. The van der Waals surface area contributed by atoms with Crippen molar-refractivity contribution in [1.29, 1.82) is 0 Å². The second-order valence-electron chi connectivity index (χ2n) is 8.48. The molecule has 3 aromatic rings. The summed E-state index contributed by atoms with van der Waals surface area (Å²) in [5, 5.41) is 2.92. The van der Waals surface area contributed by atoms with Gasteiger partial charge in [0, 0.05) is 16.9 Å². The van der Waals surface area contributed by atoms with Crippen molar-refractivity contribution in [2.24, 2.45) is 0 Å². The van der Waals surface area contributed by atoms with E-state index in [0.29, 0.717) is 0 Å². The van der Waals surface area contributed by atoms with Crippen molar-refractivity contribution in [1.82, 2.24) is 0 Å². The lowest BCUT2D eigenvalue weighted by Gasteiger charge is -2.33. The minimum Gasteiger partial charge on any atom is -0.483 e. The zero-order valence-electron chi connectivity index (χ0n) is 18.9. The highest BCUT2D eigenvalue weighted by molar-refractivity contribution is 5.92. The summed E-state index contributed by atoms with van der Waals surface area (Å²) in [7, 11) is 0. The number of nitrogens with one attached hydrogen (secondary N) is 2. The fourth-order valence-corrected chi connectivity index (χ4v) is 4.12. The lowest BCUT2D eigenvalue weighted by molar-refractivity contribution is -0.914. The van der Waals surface area contributed by atoms with E-state index in [0.717, 1.165) is 55.3 Å². The Morgan fingerprint density at radius 3 is 2.38 bits per heavy atom. The predicted octanol–water partition coefficient (Wildman–Crippen LogP) is 3.23. The van der Waals surface area contributed by atoms with Crippen LogP contribution in [0.15, 0.2) is 72.8 Å². The number of benzene rings is 3. The SMILES string of the molecule is Cc1cccc(OCC(=O)Nc2ccc(N3CC[NH+](Cc4ccccc4)CC3)cc2)c1C. The summed E-state index contributed by atoms with van der Waals surface area (Å²) in [6, 6.07) is 24.7. The predicted molar refractivity (Wildman–Crippen MR) is 130 cm³/mol. The number of anilines is 2. The summed E-state index contributed by atoms with van der Waals surface area (Å²) >= 11 is 0. The molecule has 5 heteroatoms. The summed E-state index contributed by atoms with van der Waals surface area (Å²) in [6.07, 6.45) is 0. The molecule has 0 saturated carbocycles. The lowest BCUT2D eigenvalue weighted by Crippen LogP contribution is -3.13. The Morgan fingerprint density at radius 2 is 1.66 bits per heavy atom. The van der Waals surface area contributed by atoms with Gasteiger partial charge in [0.1, 0.15) is 12.3 Å². The quantitative estimate of drug-likeness (QED) is 0.605. The first-order chi connectivity index (χ1) is 15.6. The number of amides is 1. The maximum atomic E-state index is 12.3. The van der Waals surface area contributed by atoms with Crippen molar-refractivity contribution in [2.45, 2.75) is 20.4 Å². The van der Waals surface area contributed by atoms with Gasteiger partial charge >= 0.3 is 0 Å². The van der Waals surface area contributed by atoms with Crippen LogP contribution in [0, 0.1) is 13.8 Å². The Kier molecular flexibility index (Phi) is 7.07. The van der Waals surface area contributed by atoms with Crippen LogP contribution in [0.2, 0.25) is 0 Å². The maximum Gasteiger partial charge on any atom is 0.262 e. The molecule has 0 bridgehead atoms. The summed E-state index contributed by atoms with van der Waals surface area (Å²) in [5.41, 5.74) is 5.61. The van der Waals surface area contributed by atoms with Crippen LogP contribution in [0.5, 0.6) is 5.75 Å². The molecule has 2 N–H and O–H groups in total. The zero-order valence-corrected chi connectivity index (χ0v) is 18.9. The molecule has 0 radical (unpaired) electrons. The standard InChI is InChI=1S/C27H31N3O2/c1-21-7-6-10-26(22(21)2)32-20-27(31)28-24-11-13-25(14-12-24)30-17-15-29(16-18-30)19-23-8-4-3-5-9-23/h3-14H,15-20H2,1-2H3,(H,28,31)/p+1. The normalized spacial score (nSPS) is 14.2. The average molecular weight is 431 g/mol. The number of piperazine rings is 1. The van der Waals surface area contributed by atoms with Gasteiger partial charge in [0.25, 0.3) is 5.91 Å². The molecule has 0 aliphatic carbocycles. The number of carbonyl (C=O) groups excluding carboxylic acids is 1. The molecular weight excluding hydrogens is 398 g/mol. The first-order valence-electron chi connectivity index (χ1n) is 11.3. The van der Waals surface area contributed by atoms with E-state index in [1.807, 2.05) is 44.2 Å². The van der Waals surface area contributed by atoms with Gasteiger partial charge in [-0.15, -0.1) is 0 Å². The van der Waals surface area contributed by atoms with Gasteiger partial charge in [-0.2, -0.15) is 0 Å². The third kappa shape index (κ3) is 5.68. The van der Waals surface area contributed by atoms with Crippen molar-refractivity contribution in [3.8, 4) is 5.75 Å². The molecule has 0 aromatic heterocycles. The molecule has 166 valence electrons. The number of nitrogens with zero attached hydrogens (tertiary/aromatic N) is 1. The van der Waals surface area contributed by atoms with Crippen LogP contribution in [0.25, 0.3) is 0 Å². The molecule has 4 rings (SSSR count). The van der Waals surface area contributed by atoms with E-state index < -0.39 is 0 Å². The third-order valence-corrected chi connectivity index (χ3v) is 6.20. The number of quaternary nitrogens is 1. The Morgan fingerprint density at radius 1 is 0.938 bits per heavy atom. The van der Waals surface area contributed by atoms with Gasteiger partial charge in [0.15, 0.2) is 6.61 Å². The van der Waals surface area contributed by atoms with Gasteiger partial charge < -0.3 is 19.9 Å². The van der Waals surface area contributed by atoms with Gasteiger partial charge in [-0.05, 0) is 55.3 Å². The first-order valence-corrected chi connectivity index (χ1v) is 11.3. The van der Waals surface area contributed by atoms with Crippen molar-refractivity contribution in [2.75, 3.05) is 43.0 Å². The molecule has 0 spiro atoms. The number of carbonyl (C=O) groups is 1.